The molecule has 1 aromatic heterocycles. The number of rotatable bonds is 6. The maximum atomic E-state index is 15.0. The average Bonchev–Trinajstić information content (AvgIpc) is 3.22. The number of nitrogens with one attached hydrogen (secondary N) is 1. The van der Waals surface area contributed by atoms with Crippen LogP contribution in [0.3, 0.4) is 0 Å². The minimum absolute atomic E-state index is 0.0615. The molecular weight excluding hydrogens is 593 g/mol. The largest absolute Gasteiger partial charge is 0.457 e. The number of hydrogen-bond donors (Lipinski definition) is 1. The van der Waals surface area contributed by atoms with Gasteiger partial charge in [-0.1, -0.05) is 24.6 Å². The molecule has 0 fully saturated rings. The second kappa shape index (κ2) is 10.5. The van der Waals surface area contributed by atoms with Crippen LogP contribution in [-0.4, -0.2) is 28.6 Å². The van der Waals surface area contributed by atoms with Gasteiger partial charge in [0.1, 0.15) is 0 Å². The lowest BCUT2D eigenvalue weighted by atomic mass is 9.85. The summed E-state index contributed by atoms with van der Waals surface area (Å²) in [5.74, 6) is -7.57. The highest BCUT2D eigenvalue weighted by molar-refractivity contribution is 7.66. The quantitative estimate of drug-likeness (QED) is 0.227. The predicted molar refractivity (Wildman–Crippen MR) is 125 cm³/mol. The van der Waals surface area contributed by atoms with E-state index in [-0.39, 0.29) is 46.1 Å². The predicted octanol–water partition coefficient (Wildman–Crippen LogP) is 8.14. The minimum atomic E-state index is -6.84. The summed E-state index contributed by atoms with van der Waals surface area (Å²) in [6.07, 6.45) is -13.7. The van der Waals surface area contributed by atoms with E-state index in [0.717, 1.165) is 17.5 Å². The molecule has 0 radical (unpaired) electrons. The van der Waals surface area contributed by atoms with Crippen molar-refractivity contribution in [3.63, 3.8) is 0 Å². The molecule has 4 nitrogen and oxygen atoms in total. The van der Waals surface area contributed by atoms with Gasteiger partial charge in [0, 0.05) is 27.4 Å². The fourth-order valence-electron chi connectivity index (χ4n) is 3.45. The van der Waals surface area contributed by atoms with Gasteiger partial charge in [-0.3, -0.25) is 4.79 Å². The van der Waals surface area contributed by atoms with E-state index in [2.05, 4.69) is 14.7 Å². The normalized spacial score (nSPS) is 14.9. The maximum absolute atomic E-state index is 15.0. The van der Waals surface area contributed by atoms with Crippen molar-refractivity contribution in [1.82, 2.24) is 4.37 Å². The van der Waals surface area contributed by atoms with Gasteiger partial charge < -0.3 is 5.32 Å². The Morgan fingerprint density at radius 1 is 1.00 bits per heavy atom. The molecule has 0 saturated heterocycles. The van der Waals surface area contributed by atoms with Crippen molar-refractivity contribution in [3.8, 4) is 0 Å². The molecule has 1 unspecified atom stereocenters. The third-order valence-electron chi connectivity index (χ3n) is 5.38. The standard InChI is InChI=1S/C22H15ClF9N3OS2/c1-3-11-9-13(19(24,21(27,28)29)20(25,26)22(30,31)32)8-10(2)15(11)34-17(36)12-4-6-14(7-5-12)33-18-16(23)35-38-37-18/h4-9H,3H2,1-2H3,(H,34,36). The lowest BCUT2D eigenvalue weighted by Gasteiger charge is -2.36. The Hall–Kier alpha value is -2.65. The van der Waals surface area contributed by atoms with Crippen molar-refractivity contribution in [2.24, 2.45) is 4.99 Å². The number of aromatic nitrogens is 1. The van der Waals surface area contributed by atoms with Crippen molar-refractivity contribution >= 4 is 49.8 Å². The van der Waals surface area contributed by atoms with Gasteiger partial charge in [0.15, 0.2) is 9.82 Å². The van der Waals surface area contributed by atoms with Crippen LogP contribution in [0, 0.1) is 6.92 Å². The molecule has 0 aliphatic carbocycles. The Bertz CT molecular complexity index is 1400. The van der Waals surface area contributed by atoms with Gasteiger partial charge in [0.2, 0.25) is 0 Å². The Balaban J connectivity index is 1.99. The van der Waals surface area contributed by atoms with E-state index in [0.29, 0.717) is 10.4 Å². The number of halogens is 10. The molecule has 1 amide bonds. The lowest BCUT2D eigenvalue weighted by molar-refractivity contribution is -0.389. The molecule has 1 atom stereocenters. The topological polar surface area (TPSA) is 54.4 Å². The van der Waals surface area contributed by atoms with Crippen LogP contribution in [0.2, 0.25) is 5.15 Å². The third kappa shape index (κ3) is 5.41. The Kier molecular flexibility index (Phi) is 8.25. The fraction of sp³-hybridized carbons (Fsp3) is 0.318. The van der Waals surface area contributed by atoms with Gasteiger partial charge >= 0.3 is 23.9 Å². The Morgan fingerprint density at radius 3 is 2.08 bits per heavy atom. The summed E-state index contributed by atoms with van der Waals surface area (Å²) in [6, 6.07) is 6.11. The molecule has 1 heterocycles. The van der Waals surface area contributed by atoms with Gasteiger partial charge in [0.25, 0.3) is 5.91 Å². The molecule has 206 valence electrons. The van der Waals surface area contributed by atoms with E-state index in [9.17, 15) is 44.3 Å². The lowest BCUT2D eigenvalue weighted by Crippen LogP contribution is -2.59. The van der Waals surface area contributed by atoms with Gasteiger partial charge in [0.05, 0.1) is 5.69 Å². The van der Waals surface area contributed by atoms with Crippen LogP contribution in [0.4, 0.5) is 50.9 Å². The molecular formula is C22H15ClF9N3OS2. The first kappa shape index (κ1) is 29.9. The number of carbonyl (C=O) groups is 1. The number of anilines is 1. The molecule has 0 saturated carbocycles. The van der Waals surface area contributed by atoms with E-state index < -0.39 is 35.4 Å². The van der Waals surface area contributed by atoms with Crippen LogP contribution < -0.4 is 9.99 Å². The highest BCUT2D eigenvalue weighted by Crippen LogP contribution is 2.58. The number of amides is 1. The van der Waals surface area contributed by atoms with Crippen LogP contribution in [-0.2, 0) is 12.1 Å². The van der Waals surface area contributed by atoms with Crippen LogP contribution in [0.25, 0.3) is 0 Å². The second-order valence-electron chi connectivity index (χ2n) is 7.87. The van der Waals surface area contributed by atoms with E-state index in [1.807, 2.05) is 0 Å². The molecule has 2 aromatic carbocycles. The molecule has 38 heavy (non-hydrogen) atoms. The Morgan fingerprint density at radius 2 is 1.61 bits per heavy atom. The van der Waals surface area contributed by atoms with Gasteiger partial charge in [-0.05, 0) is 65.1 Å². The van der Waals surface area contributed by atoms with E-state index in [1.54, 1.807) is 0 Å². The van der Waals surface area contributed by atoms with Crippen LogP contribution in [0.5, 0.6) is 0 Å². The number of benzene rings is 2. The van der Waals surface area contributed by atoms with Crippen molar-refractivity contribution in [2.75, 3.05) is 5.32 Å². The fourth-order valence-corrected chi connectivity index (χ4v) is 5.44. The minimum Gasteiger partial charge on any atom is -0.321 e. The van der Waals surface area contributed by atoms with Crippen molar-refractivity contribution in [2.45, 2.75) is 44.2 Å². The first-order valence-corrected chi connectivity index (χ1v) is 12.8. The molecule has 3 rings (SSSR count). The second-order valence-corrected chi connectivity index (χ2v) is 10.1. The van der Waals surface area contributed by atoms with Gasteiger partial charge in [-0.25, -0.2) is 9.38 Å². The van der Waals surface area contributed by atoms with E-state index >= 15 is 0 Å². The summed E-state index contributed by atoms with van der Waals surface area (Å²) in [5, 5.41) is 2.59. The molecule has 1 N–H and O–H groups in total. The molecule has 3 aromatic rings. The third-order valence-corrected chi connectivity index (χ3v) is 7.55. The SMILES string of the molecule is CCc1cc(C(F)(C(F)(F)F)C(F)(F)C(F)(F)F)cc(C)c1NC(=O)c1ccc(N=c2ssnc2Cl)cc1. The summed E-state index contributed by atoms with van der Waals surface area (Å²) in [6.45, 7) is 2.38. The highest BCUT2D eigenvalue weighted by Gasteiger charge is 2.81. The number of nitrogens with zero attached hydrogens (tertiary/aromatic N) is 2. The van der Waals surface area contributed by atoms with Gasteiger partial charge in [-0.2, -0.15) is 39.5 Å². The highest BCUT2D eigenvalue weighted by atomic mass is 35.5. The van der Waals surface area contributed by atoms with E-state index in [1.165, 1.54) is 41.5 Å². The summed E-state index contributed by atoms with van der Waals surface area (Å²) < 4.78 is 126. The molecule has 0 aliphatic rings. The first-order valence-electron chi connectivity index (χ1n) is 10.4. The van der Waals surface area contributed by atoms with Crippen molar-refractivity contribution in [1.29, 1.82) is 0 Å². The van der Waals surface area contributed by atoms with Crippen LogP contribution in [0.15, 0.2) is 41.4 Å². The number of hydrogen-bond acceptors (Lipinski definition) is 5. The molecule has 16 heteroatoms. The number of carbonyl (C=O) groups excluding carboxylic acids is 1. The summed E-state index contributed by atoms with van der Waals surface area (Å²) in [7, 11) is 2.34. The zero-order valence-electron chi connectivity index (χ0n) is 19.1. The summed E-state index contributed by atoms with van der Waals surface area (Å²) in [4.78, 5) is 17.0. The zero-order chi connectivity index (χ0) is 28.7. The monoisotopic (exact) mass is 607 g/mol. The summed E-state index contributed by atoms with van der Waals surface area (Å²) in [5.41, 5.74) is -8.33. The van der Waals surface area contributed by atoms with Crippen molar-refractivity contribution < 1.29 is 44.3 Å². The zero-order valence-corrected chi connectivity index (χ0v) is 21.5. The summed E-state index contributed by atoms with van der Waals surface area (Å²) >= 11 is 5.89. The average molecular weight is 608 g/mol. The molecule has 0 bridgehead atoms. The molecule has 0 aliphatic heterocycles. The van der Waals surface area contributed by atoms with Crippen LogP contribution in [0.1, 0.15) is 34.0 Å². The van der Waals surface area contributed by atoms with Gasteiger partial charge in [-0.15, -0.1) is 0 Å². The van der Waals surface area contributed by atoms with E-state index in [4.69, 9.17) is 11.6 Å². The number of aryl methyl sites for hydroxylation is 2. The van der Waals surface area contributed by atoms with Crippen LogP contribution >= 0.6 is 32.5 Å². The van der Waals surface area contributed by atoms with Crippen molar-refractivity contribution in [3.05, 3.63) is 68.5 Å². The number of alkyl halides is 9. The molecule has 0 spiro atoms. The first-order chi connectivity index (χ1) is 17.4. The Labute approximate surface area is 221 Å². The maximum Gasteiger partial charge on any atom is 0.457 e. The smallest absolute Gasteiger partial charge is 0.321 e.